The van der Waals surface area contributed by atoms with Crippen LogP contribution in [0.1, 0.15) is 16.2 Å². The van der Waals surface area contributed by atoms with E-state index in [1.165, 1.54) is 0 Å². The first-order valence-corrected chi connectivity index (χ1v) is 10.3. The number of aromatic nitrogens is 6. The largest absolute Gasteiger partial charge is 0.382 e. The summed E-state index contributed by atoms with van der Waals surface area (Å²) in [4.78, 5) is 34.0. The van der Waals surface area contributed by atoms with Gasteiger partial charge in [0, 0.05) is 37.4 Å². The Morgan fingerprint density at radius 1 is 1.09 bits per heavy atom. The zero-order valence-electron chi connectivity index (χ0n) is 17.8. The maximum Gasteiger partial charge on any atom is 0.274 e. The Morgan fingerprint density at radius 2 is 2.00 bits per heavy atom. The van der Waals surface area contributed by atoms with E-state index in [1.54, 1.807) is 19.4 Å². The highest BCUT2D eigenvalue weighted by atomic mass is 16.1. The van der Waals surface area contributed by atoms with Gasteiger partial charge in [-0.2, -0.15) is 0 Å². The molecule has 0 bridgehead atoms. The van der Waals surface area contributed by atoms with Gasteiger partial charge in [-0.3, -0.25) is 4.79 Å². The third-order valence-electron chi connectivity index (χ3n) is 5.15. The van der Waals surface area contributed by atoms with Crippen LogP contribution in [0.5, 0.6) is 0 Å². The Kier molecular flexibility index (Phi) is 5.15. The number of aromatic amines is 1. The monoisotopic (exact) mass is 439 g/mol. The van der Waals surface area contributed by atoms with Crippen molar-refractivity contribution in [2.45, 2.75) is 6.54 Å². The molecule has 0 saturated carbocycles. The first kappa shape index (κ1) is 20.2. The molecule has 0 radical (unpaired) electrons. The quantitative estimate of drug-likeness (QED) is 0.319. The summed E-state index contributed by atoms with van der Waals surface area (Å²) in [7, 11) is 1.79. The number of fused-ring (bicyclic) bond motifs is 1. The van der Waals surface area contributed by atoms with Crippen molar-refractivity contribution >= 4 is 23.2 Å². The van der Waals surface area contributed by atoms with Crippen molar-refractivity contribution in [3.05, 3.63) is 78.6 Å². The van der Waals surface area contributed by atoms with E-state index in [0.717, 1.165) is 16.9 Å². The molecule has 33 heavy (non-hydrogen) atoms. The van der Waals surface area contributed by atoms with Crippen molar-refractivity contribution in [2.75, 3.05) is 18.1 Å². The fourth-order valence-electron chi connectivity index (χ4n) is 3.51. The first-order chi connectivity index (χ1) is 16.1. The second kappa shape index (κ2) is 8.42. The van der Waals surface area contributed by atoms with Gasteiger partial charge in [0.05, 0.1) is 17.9 Å². The van der Waals surface area contributed by atoms with E-state index in [-0.39, 0.29) is 18.1 Å². The smallest absolute Gasteiger partial charge is 0.274 e. The Morgan fingerprint density at radius 3 is 2.82 bits per heavy atom. The van der Waals surface area contributed by atoms with Crippen LogP contribution >= 0.6 is 0 Å². The number of hydrogen-bond acceptors (Lipinski definition) is 7. The number of anilines is 2. The first-order valence-electron chi connectivity index (χ1n) is 10.3. The molecule has 0 fully saturated rings. The Balaban J connectivity index is 1.52. The van der Waals surface area contributed by atoms with E-state index in [9.17, 15) is 4.79 Å². The molecule has 5 rings (SSSR count). The van der Waals surface area contributed by atoms with Gasteiger partial charge in [-0.15, -0.1) is 0 Å². The molecule has 0 unspecified atom stereocenters. The van der Waals surface area contributed by atoms with Crippen molar-refractivity contribution in [1.82, 2.24) is 34.6 Å². The standard InChI is InChI=1S/C23H21N9O/c1-25-17-6-2-4-15(29-17)12-28-23(33)21-22(24)31-20(16-5-3-9-26-16)19(30-21)14-7-8-18-27-10-11-32(18)13-14/h2-11,13,26H,12H2,1H3,(H2,24,31)(H,25,29)(H,28,33). The minimum Gasteiger partial charge on any atom is -0.382 e. The number of nitrogens with two attached hydrogens (primary N) is 1. The number of H-pyrrole nitrogens is 1. The van der Waals surface area contributed by atoms with E-state index in [0.29, 0.717) is 22.9 Å². The number of nitrogens with zero attached hydrogens (tertiary/aromatic N) is 5. The van der Waals surface area contributed by atoms with Crippen LogP contribution in [0.3, 0.4) is 0 Å². The summed E-state index contributed by atoms with van der Waals surface area (Å²) in [6, 6.07) is 13.1. The molecule has 164 valence electrons. The second-order valence-electron chi connectivity index (χ2n) is 7.30. The van der Waals surface area contributed by atoms with Crippen LogP contribution in [0.25, 0.3) is 28.3 Å². The minimum atomic E-state index is -0.431. The SMILES string of the molecule is CNc1cccc(CNC(=O)c2nc(-c3ccc4nccn4c3)c(-c3ccc[nH]3)nc2N)n1. The molecule has 10 heteroatoms. The third-order valence-corrected chi connectivity index (χ3v) is 5.15. The minimum absolute atomic E-state index is 0.0430. The normalized spacial score (nSPS) is 10.9. The maximum absolute atomic E-state index is 13.0. The van der Waals surface area contributed by atoms with Crippen LogP contribution in [0.4, 0.5) is 11.6 Å². The average molecular weight is 439 g/mol. The number of hydrogen-bond donors (Lipinski definition) is 4. The molecular weight excluding hydrogens is 418 g/mol. The fraction of sp³-hybridized carbons (Fsp3) is 0.0870. The lowest BCUT2D eigenvalue weighted by Crippen LogP contribution is -2.26. The number of rotatable bonds is 6. The van der Waals surface area contributed by atoms with Crippen molar-refractivity contribution in [1.29, 1.82) is 0 Å². The number of nitrogens with one attached hydrogen (secondary N) is 3. The maximum atomic E-state index is 13.0. The summed E-state index contributed by atoms with van der Waals surface area (Å²) >= 11 is 0. The highest BCUT2D eigenvalue weighted by molar-refractivity contribution is 5.97. The highest BCUT2D eigenvalue weighted by Gasteiger charge is 2.20. The molecular formula is C23H21N9O. The van der Waals surface area contributed by atoms with Gasteiger partial charge in [0.1, 0.15) is 22.9 Å². The molecule has 0 aliphatic heterocycles. The predicted octanol–water partition coefficient (Wildman–Crippen LogP) is 2.74. The molecule has 1 amide bonds. The van der Waals surface area contributed by atoms with Crippen LogP contribution in [0.2, 0.25) is 0 Å². The molecule has 0 aromatic carbocycles. The molecule has 5 heterocycles. The van der Waals surface area contributed by atoms with Gasteiger partial charge in [-0.05, 0) is 36.4 Å². The molecule has 5 N–H and O–H groups in total. The fourth-order valence-corrected chi connectivity index (χ4v) is 3.51. The van der Waals surface area contributed by atoms with Crippen LogP contribution in [-0.4, -0.2) is 42.3 Å². The number of amides is 1. The summed E-state index contributed by atoms with van der Waals surface area (Å²) in [5.41, 5.74) is 10.3. The number of nitrogen functional groups attached to an aromatic ring is 1. The van der Waals surface area contributed by atoms with Gasteiger partial charge in [0.2, 0.25) is 0 Å². The highest BCUT2D eigenvalue weighted by Crippen LogP contribution is 2.30. The summed E-state index contributed by atoms with van der Waals surface area (Å²) in [6.07, 6.45) is 7.25. The van der Waals surface area contributed by atoms with Gasteiger partial charge in [0.25, 0.3) is 5.91 Å². The summed E-state index contributed by atoms with van der Waals surface area (Å²) in [6.45, 7) is 0.226. The van der Waals surface area contributed by atoms with E-state index in [1.807, 2.05) is 59.3 Å². The predicted molar refractivity (Wildman–Crippen MR) is 125 cm³/mol. The number of carbonyl (C=O) groups excluding carboxylic acids is 1. The third kappa shape index (κ3) is 3.97. The summed E-state index contributed by atoms with van der Waals surface area (Å²) in [5.74, 6) is 0.328. The molecule has 0 spiro atoms. The van der Waals surface area contributed by atoms with Gasteiger partial charge < -0.3 is 25.8 Å². The van der Waals surface area contributed by atoms with E-state index < -0.39 is 5.91 Å². The topological polar surface area (TPSA) is 139 Å². The Bertz CT molecular complexity index is 1440. The number of imidazole rings is 1. The lowest BCUT2D eigenvalue weighted by Gasteiger charge is -2.13. The van der Waals surface area contributed by atoms with Crippen molar-refractivity contribution in [2.24, 2.45) is 0 Å². The molecule has 10 nitrogen and oxygen atoms in total. The lowest BCUT2D eigenvalue weighted by atomic mass is 10.1. The van der Waals surface area contributed by atoms with Crippen LogP contribution in [0.15, 0.2) is 67.3 Å². The van der Waals surface area contributed by atoms with E-state index >= 15 is 0 Å². The van der Waals surface area contributed by atoms with Gasteiger partial charge in [0.15, 0.2) is 11.5 Å². The van der Waals surface area contributed by atoms with Crippen molar-refractivity contribution in [3.8, 4) is 22.6 Å². The van der Waals surface area contributed by atoms with Gasteiger partial charge in [-0.1, -0.05) is 6.07 Å². The van der Waals surface area contributed by atoms with Crippen LogP contribution in [0, 0.1) is 0 Å². The molecule has 0 atom stereocenters. The molecule has 0 aliphatic rings. The van der Waals surface area contributed by atoms with Gasteiger partial charge in [-0.25, -0.2) is 19.9 Å². The molecule has 5 aromatic rings. The Hall–Kier alpha value is -4.73. The Labute approximate surface area is 189 Å². The van der Waals surface area contributed by atoms with Crippen molar-refractivity contribution in [3.63, 3.8) is 0 Å². The number of carbonyl (C=O) groups is 1. The molecule has 0 saturated heterocycles. The summed E-state index contributed by atoms with van der Waals surface area (Å²) in [5, 5.41) is 5.81. The van der Waals surface area contributed by atoms with Crippen LogP contribution < -0.4 is 16.4 Å². The van der Waals surface area contributed by atoms with Gasteiger partial charge >= 0.3 is 0 Å². The molecule has 0 aliphatic carbocycles. The average Bonchev–Trinajstić information content (AvgIpc) is 3.54. The van der Waals surface area contributed by atoms with Crippen molar-refractivity contribution < 1.29 is 4.79 Å². The van der Waals surface area contributed by atoms with E-state index in [4.69, 9.17) is 5.73 Å². The van der Waals surface area contributed by atoms with E-state index in [2.05, 4.69) is 35.6 Å². The zero-order valence-corrected chi connectivity index (χ0v) is 17.8. The summed E-state index contributed by atoms with van der Waals surface area (Å²) < 4.78 is 1.88. The lowest BCUT2D eigenvalue weighted by molar-refractivity contribution is 0.0946. The van der Waals surface area contributed by atoms with Crippen LogP contribution in [-0.2, 0) is 6.54 Å². The molecule has 5 aromatic heterocycles. The zero-order chi connectivity index (χ0) is 22.8. The number of pyridine rings is 2. The second-order valence-corrected chi connectivity index (χ2v) is 7.30.